The third-order valence-corrected chi connectivity index (χ3v) is 7.08. The van der Waals surface area contributed by atoms with Crippen LogP contribution in [0.25, 0.3) is 0 Å². The number of benzene rings is 1. The van der Waals surface area contributed by atoms with Crippen LogP contribution in [0.3, 0.4) is 0 Å². The second-order valence-corrected chi connectivity index (χ2v) is 8.91. The summed E-state index contributed by atoms with van der Waals surface area (Å²) in [5.41, 5.74) is 2.74. The smallest absolute Gasteiger partial charge is 0.255 e. The molecule has 3 aliphatic heterocycles. The van der Waals surface area contributed by atoms with E-state index in [1.807, 2.05) is 12.1 Å². The number of nitrogens with zero attached hydrogens (tertiary/aromatic N) is 1. The van der Waals surface area contributed by atoms with Gasteiger partial charge in [-0.3, -0.25) is 19.7 Å². The lowest BCUT2D eigenvalue weighted by molar-refractivity contribution is -0.136. The Labute approximate surface area is 170 Å². The standard InChI is InChI=1S/C22H28N4O3/c27-20-6-5-19(21(28)25-20)26-12-15-3-1-14(9-16(15)22(26)29)11-24-17-4-2-13-7-8-23-18(17)10-13/h1,3,9,13,17-19,23-24H,2,4-8,10-12H2,(H,25,27,28). The largest absolute Gasteiger partial charge is 0.322 e. The Hall–Kier alpha value is -2.25. The molecule has 0 radical (unpaired) electrons. The van der Waals surface area contributed by atoms with Crippen LogP contribution in [-0.4, -0.2) is 47.3 Å². The van der Waals surface area contributed by atoms with Crippen LogP contribution in [0.2, 0.25) is 0 Å². The van der Waals surface area contributed by atoms with E-state index in [1.54, 1.807) is 4.90 Å². The Morgan fingerprint density at radius 2 is 2.00 bits per heavy atom. The predicted octanol–water partition coefficient (Wildman–Crippen LogP) is 1.07. The van der Waals surface area contributed by atoms with E-state index in [4.69, 9.17) is 0 Å². The molecule has 7 heteroatoms. The lowest BCUT2D eigenvalue weighted by Crippen LogP contribution is -2.54. The van der Waals surface area contributed by atoms with Gasteiger partial charge >= 0.3 is 0 Å². The molecule has 3 fully saturated rings. The second kappa shape index (κ2) is 7.54. The summed E-state index contributed by atoms with van der Waals surface area (Å²) in [7, 11) is 0. The molecule has 1 aliphatic carbocycles. The Morgan fingerprint density at radius 3 is 2.86 bits per heavy atom. The van der Waals surface area contributed by atoms with Crippen molar-refractivity contribution in [3.63, 3.8) is 0 Å². The van der Waals surface area contributed by atoms with E-state index in [9.17, 15) is 14.4 Å². The van der Waals surface area contributed by atoms with Crippen molar-refractivity contribution in [2.75, 3.05) is 6.54 Å². The summed E-state index contributed by atoms with van der Waals surface area (Å²) in [6.45, 7) is 2.30. The minimum Gasteiger partial charge on any atom is -0.322 e. The minimum atomic E-state index is -0.554. The van der Waals surface area contributed by atoms with Crippen LogP contribution < -0.4 is 16.0 Å². The summed E-state index contributed by atoms with van der Waals surface area (Å²) in [6.07, 6.45) is 5.76. The maximum absolute atomic E-state index is 13.0. The molecule has 1 aromatic carbocycles. The van der Waals surface area contributed by atoms with Crippen LogP contribution in [0.5, 0.6) is 0 Å². The van der Waals surface area contributed by atoms with Gasteiger partial charge in [0.1, 0.15) is 6.04 Å². The van der Waals surface area contributed by atoms with E-state index < -0.39 is 6.04 Å². The van der Waals surface area contributed by atoms with Crippen molar-refractivity contribution in [2.45, 2.75) is 69.7 Å². The number of amides is 3. The fourth-order valence-corrected chi connectivity index (χ4v) is 5.42. The highest BCUT2D eigenvalue weighted by Crippen LogP contribution is 2.31. The van der Waals surface area contributed by atoms with E-state index >= 15 is 0 Å². The molecule has 4 atom stereocenters. The highest BCUT2D eigenvalue weighted by atomic mass is 16.2. The molecule has 2 saturated heterocycles. The van der Waals surface area contributed by atoms with Gasteiger partial charge in [0, 0.05) is 37.2 Å². The number of imide groups is 1. The fourth-order valence-electron chi connectivity index (χ4n) is 5.42. The van der Waals surface area contributed by atoms with Crippen molar-refractivity contribution in [3.05, 3.63) is 34.9 Å². The van der Waals surface area contributed by atoms with Crippen molar-refractivity contribution in [1.29, 1.82) is 0 Å². The first-order valence-electron chi connectivity index (χ1n) is 10.8. The zero-order valence-corrected chi connectivity index (χ0v) is 16.6. The summed E-state index contributed by atoms with van der Waals surface area (Å²) in [6, 6.07) is 6.54. The van der Waals surface area contributed by atoms with Crippen molar-refractivity contribution in [1.82, 2.24) is 20.9 Å². The molecule has 3 N–H and O–H groups in total. The highest BCUT2D eigenvalue weighted by Gasteiger charge is 2.39. The number of fused-ring (bicyclic) bond motifs is 3. The number of carbonyl (C=O) groups excluding carboxylic acids is 3. The minimum absolute atomic E-state index is 0.106. The molecular formula is C22H28N4O3. The topological polar surface area (TPSA) is 90.5 Å². The Kier molecular flexibility index (Phi) is 4.87. The van der Waals surface area contributed by atoms with Crippen molar-refractivity contribution < 1.29 is 14.4 Å². The van der Waals surface area contributed by atoms with Gasteiger partial charge in [-0.1, -0.05) is 12.1 Å². The normalized spacial score (nSPS) is 31.6. The van der Waals surface area contributed by atoms with Crippen LogP contribution in [0, 0.1) is 5.92 Å². The molecule has 4 unspecified atom stereocenters. The van der Waals surface area contributed by atoms with Crippen LogP contribution in [0.4, 0.5) is 0 Å². The molecule has 29 heavy (non-hydrogen) atoms. The first-order valence-corrected chi connectivity index (χ1v) is 10.8. The van der Waals surface area contributed by atoms with Gasteiger partial charge in [-0.25, -0.2) is 0 Å². The van der Waals surface area contributed by atoms with Gasteiger partial charge in [0.2, 0.25) is 11.8 Å². The van der Waals surface area contributed by atoms with Gasteiger partial charge in [-0.15, -0.1) is 0 Å². The highest BCUT2D eigenvalue weighted by molar-refractivity contribution is 6.05. The summed E-state index contributed by atoms with van der Waals surface area (Å²) in [5, 5.41) is 9.70. The van der Waals surface area contributed by atoms with Gasteiger partial charge in [0.05, 0.1) is 0 Å². The van der Waals surface area contributed by atoms with Crippen LogP contribution >= 0.6 is 0 Å². The lowest BCUT2D eigenvalue weighted by Gasteiger charge is -2.41. The molecule has 2 bridgehead atoms. The monoisotopic (exact) mass is 396 g/mol. The van der Waals surface area contributed by atoms with E-state index in [2.05, 4.69) is 22.0 Å². The van der Waals surface area contributed by atoms with E-state index in [0.29, 0.717) is 30.6 Å². The third kappa shape index (κ3) is 3.57. The van der Waals surface area contributed by atoms with E-state index in [1.165, 1.54) is 25.7 Å². The molecule has 154 valence electrons. The number of carbonyl (C=O) groups is 3. The SMILES string of the molecule is O=C1CCC(N2Cc3ccc(CNC4CCC5CCNC4C5)cc3C2=O)C(=O)N1. The number of nitrogens with one attached hydrogen (secondary N) is 3. The van der Waals surface area contributed by atoms with Crippen LogP contribution in [0.15, 0.2) is 18.2 Å². The lowest BCUT2D eigenvalue weighted by atomic mass is 9.78. The Bertz CT molecular complexity index is 854. The predicted molar refractivity (Wildman–Crippen MR) is 107 cm³/mol. The number of hydrogen-bond donors (Lipinski definition) is 3. The molecule has 3 heterocycles. The molecule has 0 spiro atoms. The van der Waals surface area contributed by atoms with Crippen molar-refractivity contribution >= 4 is 17.7 Å². The zero-order chi connectivity index (χ0) is 20.0. The zero-order valence-electron chi connectivity index (χ0n) is 16.6. The quantitative estimate of drug-likeness (QED) is 0.663. The number of piperidine rings is 2. The summed E-state index contributed by atoms with van der Waals surface area (Å²) >= 11 is 0. The fraction of sp³-hybridized carbons (Fsp3) is 0.591. The maximum atomic E-state index is 13.0. The molecule has 1 aromatic rings. The summed E-state index contributed by atoms with van der Waals surface area (Å²) < 4.78 is 0. The van der Waals surface area contributed by atoms with Gasteiger partial charge in [-0.2, -0.15) is 0 Å². The Balaban J connectivity index is 1.24. The van der Waals surface area contributed by atoms with E-state index in [-0.39, 0.29) is 24.1 Å². The van der Waals surface area contributed by atoms with Gasteiger partial charge < -0.3 is 15.5 Å². The van der Waals surface area contributed by atoms with Crippen molar-refractivity contribution in [3.8, 4) is 0 Å². The molecule has 3 amide bonds. The molecular weight excluding hydrogens is 368 g/mol. The number of hydrogen-bond acceptors (Lipinski definition) is 5. The van der Waals surface area contributed by atoms with Crippen molar-refractivity contribution in [2.24, 2.45) is 5.92 Å². The summed E-state index contributed by atoms with van der Waals surface area (Å²) in [4.78, 5) is 38.1. The summed E-state index contributed by atoms with van der Waals surface area (Å²) in [5.74, 6) is 0.158. The molecule has 4 aliphatic rings. The Morgan fingerprint density at radius 1 is 1.10 bits per heavy atom. The molecule has 0 aromatic heterocycles. The average molecular weight is 396 g/mol. The van der Waals surface area contributed by atoms with Gasteiger partial charge in [0.25, 0.3) is 5.91 Å². The third-order valence-electron chi connectivity index (χ3n) is 7.08. The second-order valence-electron chi connectivity index (χ2n) is 8.91. The molecule has 1 saturated carbocycles. The van der Waals surface area contributed by atoms with Crippen LogP contribution in [0.1, 0.15) is 60.0 Å². The average Bonchev–Trinajstić information content (AvgIpc) is 3.04. The first kappa shape index (κ1) is 18.8. The molecule has 5 rings (SSSR count). The van der Waals surface area contributed by atoms with Gasteiger partial charge in [-0.05, 0) is 61.8 Å². The maximum Gasteiger partial charge on any atom is 0.255 e. The molecule has 7 nitrogen and oxygen atoms in total. The van der Waals surface area contributed by atoms with Crippen LogP contribution in [-0.2, 0) is 22.7 Å². The number of rotatable bonds is 4. The first-order chi connectivity index (χ1) is 14.1. The van der Waals surface area contributed by atoms with E-state index in [0.717, 1.165) is 30.1 Å². The van der Waals surface area contributed by atoms with Gasteiger partial charge in [0.15, 0.2) is 0 Å².